The van der Waals surface area contributed by atoms with Gasteiger partial charge in [0.1, 0.15) is 58.1 Å². The SMILES string of the molecule is CC(C)c1ccc(Oc2cc3c4c(cc(Oc5ccc(C(C)C)cc5)c5c6c(Oc7ccc(C(C)C)cc7)cc7c8c(cc(Oc9ccc(C(C)C)cc9)c(c2c45)c86)C(=O)N(C(C)C(=O)N(C2CCCCC2)C2CCCCC2)C7=O)C(=O)N(C(C)C(=O)N(C2CCCCC2)C2CCCCC2)C3=O)cc1. The van der Waals surface area contributed by atoms with Gasteiger partial charge in [0.25, 0.3) is 23.6 Å². The van der Waals surface area contributed by atoms with Crippen LogP contribution in [0.5, 0.6) is 46.0 Å². The summed E-state index contributed by atoms with van der Waals surface area (Å²) < 4.78 is 29.6. The number of amides is 6. The Hall–Kier alpha value is -9.30. The Bertz CT molecular complexity index is 4210. The summed E-state index contributed by atoms with van der Waals surface area (Å²) in [4.78, 5) is 104. The van der Waals surface area contributed by atoms with Gasteiger partial charge in [-0.15, -0.1) is 0 Å². The number of imide groups is 2. The Balaban J connectivity index is 1.05. The zero-order chi connectivity index (χ0) is 72.5. The molecule has 0 spiro atoms. The Labute approximate surface area is 612 Å². The van der Waals surface area contributed by atoms with E-state index < -0.39 is 35.7 Å². The Morgan fingerprint density at radius 3 is 0.692 bits per heavy atom. The van der Waals surface area contributed by atoms with E-state index in [9.17, 15) is 0 Å². The van der Waals surface area contributed by atoms with Crippen LogP contribution in [0.15, 0.2) is 121 Å². The Morgan fingerprint density at radius 2 is 0.500 bits per heavy atom. The van der Waals surface area contributed by atoms with Crippen molar-refractivity contribution in [2.24, 2.45) is 0 Å². The molecule has 6 amide bonds. The lowest BCUT2D eigenvalue weighted by molar-refractivity contribution is -0.142. The van der Waals surface area contributed by atoms with Crippen LogP contribution in [0.2, 0.25) is 0 Å². The summed E-state index contributed by atoms with van der Waals surface area (Å²) in [6, 6.07) is 35.8. The lowest BCUT2D eigenvalue weighted by atomic mass is 9.80. The first-order valence-electron chi connectivity index (χ1n) is 39.1. The Morgan fingerprint density at radius 1 is 0.298 bits per heavy atom. The first kappa shape index (κ1) is 70.4. The van der Waals surface area contributed by atoms with Gasteiger partial charge in [0.05, 0.1) is 22.3 Å². The molecule has 14 heteroatoms. The van der Waals surface area contributed by atoms with Crippen molar-refractivity contribution in [1.29, 1.82) is 0 Å². The van der Waals surface area contributed by atoms with Gasteiger partial charge in [-0.25, -0.2) is 0 Å². The van der Waals surface area contributed by atoms with Crippen LogP contribution in [0.1, 0.15) is 285 Å². The third-order valence-electron chi connectivity index (χ3n) is 23.9. The van der Waals surface area contributed by atoms with Crippen molar-refractivity contribution in [2.45, 2.75) is 258 Å². The standard InChI is InChI=1S/C90H100N4O10/c1-51(2)57-31-39-65(40-32-57)101-73-47-69-77-70(88(98)91(87(69)97)55(9)85(95)93(61-23-15-11-16-24-61)62-25-17-12-18-26-62)49-75(103-67-43-35-59(36-44-67)53(5)6)81-82-76(104-68-45-37-60(38-46-68)54(7)8)50-72-78-71(48-74(80(84(78)82)79(73)83(77)81)102-66-41-33-58(34-42-66)52(3)4)89(99)92(90(72)100)56(10)86(96)94(63-27-19-13-20-28-63)64-29-21-14-22-30-64/h31-56,61-64H,11-30H2,1-10H3. The number of hydrogen-bond donors (Lipinski definition) is 0. The lowest BCUT2D eigenvalue weighted by Crippen LogP contribution is -2.58. The molecule has 2 unspecified atom stereocenters. The number of rotatable bonds is 20. The van der Waals surface area contributed by atoms with E-state index in [0.29, 0.717) is 66.1 Å². The minimum Gasteiger partial charge on any atom is -0.457 e. The molecule has 9 aromatic rings. The van der Waals surface area contributed by atoms with Gasteiger partial charge in [-0.2, -0.15) is 0 Å². The van der Waals surface area contributed by atoms with Crippen molar-refractivity contribution >= 4 is 78.5 Å². The summed E-state index contributed by atoms with van der Waals surface area (Å²) in [5.41, 5.74) is 4.83. The number of benzene rings is 9. The smallest absolute Gasteiger partial charge is 0.262 e. The van der Waals surface area contributed by atoms with Crippen molar-refractivity contribution in [3.8, 4) is 46.0 Å². The molecule has 0 bridgehead atoms. The second-order valence-electron chi connectivity index (χ2n) is 32.0. The van der Waals surface area contributed by atoms with Crippen molar-refractivity contribution in [1.82, 2.24) is 19.6 Å². The first-order valence-corrected chi connectivity index (χ1v) is 39.1. The monoisotopic (exact) mass is 1400 g/mol. The molecule has 0 radical (unpaired) electrons. The van der Waals surface area contributed by atoms with Gasteiger partial charge in [0.15, 0.2) is 0 Å². The molecule has 0 aromatic heterocycles. The zero-order valence-corrected chi connectivity index (χ0v) is 62.3. The molecule has 4 aliphatic carbocycles. The molecule has 4 fully saturated rings. The van der Waals surface area contributed by atoms with Crippen LogP contribution in [0.25, 0.3) is 43.1 Å². The van der Waals surface area contributed by atoms with Crippen LogP contribution in [-0.4, -0.2) is 91.3 Å². The van der Waals surface area contributed by atoms with Gasteiger partial charge in [0.2, 0.25) is 11.8 Å². The third kappa shape index (κ3) is 12.8. The largest absolute Gasteiger partial charge is 0.457 e. The van der Waals surface area contributed by atoms with E-state index in [1.807, 2.05) is 97.1 Å². The van der Waals surface area contributed by atoms with Gasteiger partial charge >= 0.3 is 0 Å². The highest BCUT2D eigenvalue weighted by Crippen LogP contribution is 2.58. The minimum atomic E-state index is -1.20. The molecule has 9 aromatic carbocycles. The zero-order valence-electron chi connectivity index (χ0n) is 62.3. The summed E-state index contributed by atoms with van der Waals surface area (Å²) in [6.45, 7) is 20.4. The molecule has 14 nitrogen and oxygen atoms in total. The molecule has 540 valence electrons. The van der Waals surface area contributed by atoms with Crippen molar-refractivity contribution in [2.75, 3.05) is 0 Å². The summed E-state index contributed by atoms with van der Waals surface area (Å²) in [5.74, 6) is 0.214. The first-order chi connectivity index (χ1) is 50.2. The molecule has 0 saturated heterocycles. The fraction of sp³-hybridized carbons (Fsp3) is 0.444. The molecule has 2 heterocycles. The lowest BCUT2D eigenvalue weighted by Gasteiger charge is -2.44. The van der Waals surface area contributed by atoms with Gasteiger partial charge in [-0.3, -0.25) is 38.6 Å². The third-order valence-corrected chi connectivity index (χ3v) is 23.9. The van der Waals surface area contributed by atoms with Crippen LogP contribution < -0.4 is 18.9 Å². The summed E-state index contributed by atoms with van der Waals surface area (Å²) in [7, 11) is 0. The molecule has 6 aliphatic rings. The van der Waals surface area contributed by atoms with Crippen LogP contribution in [-0.2, 0) is 9.59 Å². The number of carbonyl (C=O) groups is 6. The van der Waals surface area contributed by atoms with Gasteiger partial charge in [-0.05, 0) is 184 Å². The average Bonchev–Trinajstić information content (AvgIpc) is 0.671. The van der Waals surface area contributed by atoms with Crippen molar-refractivity contribution in [3.05, 3.63) is 166 Å². The maximum Gasteiger partial charge on any atom is 0.262 e. The highest BCUT2D eigenvalue weighted by atomic mass is 16.5. The predicted octanol–water partition coefficient (Wildman–Crippen LogP) is 22.4. The summed E-state index contributed by atoms with van der Waals surface area (Å²) >= 11 is 0. The van der Waals surface area contributed by atoms with Crippen molar-refractivity contribution < 1.29 is 47.7 Å². The van der Waals surface area contributed by atoms with E-state index in [0.717, 1.165) is 151 Å². The van der Waals surface area contributed by atoms with E-state index in [2.05, 4.69) is 65.2 Å². The second kappa shape index (κ2) is 29.0. The fourth-order valence-corrected chi connectivity index (χ4v) is 18.2. The molecule has 15 rings (SSSR count). The van der Waals surface area contributed by atoms with Crippen molar-refractivity contribution in [3.63, 3.8) is 0 Å². The van der Waals surface area contributed by atoms with Gasteiger partial charge < -0.3 is 28.7 Å². The highest BCUT2D eigenvalue weighted by Gasteiger charge is 2.48. The average molecular weight is 1400 g/mol. The van der Waals surface area contributed by atoms with Gasteiger partial charge in [-0.1, -0.05) is 181 Å². The normalized spacial score (nSPS) is 17.9. The molecule has 104 heavy (non-hydrogen) atoms. The minimum absolute atomic E-state index is 0.0136. The number of fused-ring (bicyclic) bond motifs is 2. The van der Waals surface area contributed by atoms with Crippen LogP contribution in [0.3, 0.4) is 0 Å². The summed E-state index contributed by atoms with van der Waals surface area (Å²) in [5, 5.41) is 2.96. The molecule has 4 saturated carbocycles. The maximum absolute atomic E-state index is 16.5. The summed E-state index contributed by atoms with van der Waals surface area (Å²) in [6.07, 6.45) is 19.3. The molecule has 2 atom stereocenters. The van der Waals surface area contributed by atoms with E-state index in [1.165, 1.54) is 9.80 Å². The van der Waals surface area contributed by atoms with E-state index in [1.54, 1.807) is 38.1 Å². The topological polar surface area (TPSA) is 152 Å². The van der Waals surface area contributed by atoms with Gasteiger partial charge in [0, 0.05) is 67.3 Å². The van der Waals surface area contributed by atoms with Crippen LogP contribution in [0.4, 0.5) is 0 Å². The maximum atomic E-state index is 16.5. The number of carbonyl (C=O) groups excluding carboxylic acids is 6. The Kier molecular flexibility index (Phi) is 19.6. The van der Waals surface area contributed by atoms with E-state index >= 15 is 28.8 Å². The highest BCUT2D eigenvalue weighted by molar-refractivity contribution is 6.45. The van der Waals surface area contributed by atoms with Crippen LogP contribution >= 0.6 is 0 Å². The van der Waals surface area contributed by atoms with E-state index in [-0.39, 0.29) is 105 Å². The molecular formula is C90H100N4O10. The quantitative estimate of drug-likeness (QED) is 0.0409. The second-order valence-corrected chi connectivity index (χ2v) is 32.0. The molecule has 0 N–H and O–H groups in total. The van der Waals surface area contributed by atoms with E-state index in [4.69, 9.17) is 18.9 Å². The van der Waals surface area contributed by atoms with Crippen LogP contribution in [0, 0.1) is 0 Å². The molecular weight excluding hydrogens is 1300 g/mol. The molecule has 2 aliphatic heterocycles. The number of nitrogens with zero attached hydrogens (tertiary/aromatic N) is 4. The fourth-order valence-electron chi connectivity index (χ4n) is 18.2. The number of ether oxygens (including phenoxy) is 4. The number of hydrogen-bond acceptors (Lipinski definition) is 10. The predicted molar refractivity (Wildman–Crippen MR) is 411 cm³/mol.